The van der Waals surface area contributed by atoms with Gasteiger partial charge in [-0.25, -0.2) is 0 Å². The third-order valence-corrected chi connectivity index (χ3v) is 4.82. The fraction of sp³-hybridized carbons (Fsp3) is 0.500. The number of nitrogens with zero attached hydrogens (tertiary/aromatic N) is 4. The molecule has 2 aromatic rings. The first-order chi connectivity index (χ1) is 10.9. The van der Waals surface area contributed by atoms with Crippen LogP contribution in [0.4, 0.5) is 0 Å². The number of aromatic nitrogens is 4. The van der Waals surface area contributed by atoms with Crippen LogP contribution in [0.5, 0.6) is 0 Å². The van der Waals surface area contributed by atoms with Gasteiger partial charge in [0, 0.05) is 6.04 Å². The fourth-order valence-corrected chi connectivity index (χ4v) is 2.58. The maximum absolute atomic E-state index is 12.0. The Hall–Kier alpha value is -1.89. The topological polar surface area (TPSA) is 72.7 Å². The van der Waals surface area contributed by atoms with E-state index in [4.69, 9.17) is 0 Å². The highest BCUT2D eigenvalue weighted by molar-refractivity contribution is 7.99. The second kappa shape index (κ2) is 7.59. The summed E-state index contributed by atoms with van der Waals surface area (Å²) in [5.74, 6) is 0.693. The standard InChI is InChI=1S/C16H23N5OS/c1-10(2)13(5)17-15(22)9-23-16-18-19-20-21(16)14-7-6-11(3)12(4)8-14/h6-8,10,13H,9H2,1-5H3,(H,17,22)/t13-/m1/s1. The molecule has 0 aliphatic carbocycles. The second-order valence-electron chi connectivity index (χ2n) is 6.03. The van der Waals surface area contributed by atoms with Crippen LogP contribution in [0.2, 0.25) is 0 Å². The van der Waals surface area contributed by atoms with E-state index in [2.05, 4.69) is 48.5 Å². The SMILES string of the molecule is Cc1ccc(-n2nnnc2SCC(=O)N[C@H](C)C(C)C)cc1C. The van der Waals surface area contributed by atoms with E-state index in [-0.39, 0.29) is 11.9 Å². The van der Waals surface area contributed by atoms with E-state index >= 15 is 0 Å². The third kappa shape index (κ3) is 4.54. The van der Waals surface area contributed by atoms with E-state index < -0.39 is 0 Å². The van der Waals surface area contributed by atoms with Crippen LogP contribution in [0.25, 0.3) is 5.69 Å². The molecule has 1 heterocycles. The smallest absolute Gasteiger partial charge is 0.230 e. The summed E-state index contributed by atoms with van der Waals surface area (Å²) in [6.45, 7) is 10.3. The minimum atomic E-state index is -0.00848. The molecule has 0 radical (unpaired) electrons. The average molecular weight is 333 g/mol. The van der Waals surface area contributed by atoms with Crippen LogP contribution in [0.3, 0.4) is 0 Å². The van der Waals surface area contributed by atoms with Gasteiger partial charge < -0.3 is 5.32 Å². The lowest BCUT2D eigenvalue weighted by Crippen LogP contribution is -2.37. The number of hydrogen-bond acceptors (Lipinski definition) is 5. The Morgan fingerprint density at radius 2 is 2.00 bits per heavy atom. The molecule has 7 heteroatoms. The maximum Gasteiger partial charge on any atom is 0.230 e. The number of rotatable bonds is 6. The van der Waals surface area contributed by atoms with Gasteiger partial charge >= 0.3 is 0 Å². The number of carbonyl (C=O) groups excluding carboxylic acids is 1. The Labute approximate surface area is 141 Å². The van der Waals surface area contributed by atoms with Gasteiger partial charge in [0.1, 0.15) is 0 Å². The summed E-state index contributed by atoms with van der Waals surface area (Å²) >= 11 is 1.34. The summed E-state index contributed by atoms with van der Waals surface area (Å²) in [5.41, 5.74) is 3.30. The van der Waals surface area contributed by atoms with Crippen LogP contribution >= 0.6 is 11.8 Å². The van der Waals surface area contributed by atoms with Crippen molar-refractivity contribution in [3.63, 3.8) is 0 Å². The minimum absolute atomic E-state index is 0.00848. The molecule has 1 aromatic heterocycles. The van der Waals surface area contributed by atoms with Gasteiger partial charge in [-0.1, -0.05) is 31.7 Å². The zero-order valence-electron chi connectivity index (χ0n) is 14.2. The monoisotopic (exact) mass is 333 g/mol. The van der Waals surface area contributed by atoms with Gasteiger partial charge in [0.15, 0.2) is 0 Å². The van der Waals surface area contributed by atoms with Crippen LogP contribution in [0.1, 0.15) is 31.9 Å². The van der Waals surface area contributed by atoms with E-state index in [0.717, 1.165) is 5.69 Å². The van der Waals surface area contributed by atoms with Crippen molar-refractivity contribution in [1.82, 2.24) is 25.5 Å². The number of aryl methyl sites for hydroxylation is 2. The molecule has 1 amide bonds. The molecule has 0 bridgehead atoms. The number of thioether (sulfide) groups is 1. The number of benzene rings is 1. The lowest BCUT2D eigenvalue weighted by molar-refractivity contribution is -0.119. The van der Waals surface area contributed by atoms with Crippen molar-refractivity contribution in [2.24, 2.45) is 5.92 Å². The Bertz CT molecular complexity index is 683. The number of amides is 1. The zero-order valence-corrected chi connectivity index (χ0v) is 15.0. The van der Waals surface area contributed by atoms with Gasteiger partial charge in [-0.3, -0.25) is 4.79 Å². The van der Waals surface area contributed by atoms with Gasteiger partial charge in [-0.2, -0.15) is 4.68 Å². The van der Waals surface area contributed by atoms with Crippen molar-refractivity contribution < 1.29 is 4.79 Å². The van der Waals surface area contributed by atoms with Crippen molar-refractivity contribution in [2.45, 2.75) is 45.8 Å². The molecular formula is C16H23N5OS. The summed E-state index contributed by atoms with van der Waals surface area (Å²) in [6, 6.07) is 6.21. The molecule has 124 valence electrons. The van der Waals surface area contributed by atoms with E-state index in [9.17, 15) is 4.79 Å². The van der Waals surface area contributed by atoms with Crippen LogP contribution in [-0.2, 0) is 4.79 Å². The Morgan fingerprint density at radius 1 is 1.26 bits per heavy atom. The number of nitrogens with one attached hydrogen (secondary N) is 1. The van der Waals surface area contributed by atoms with Crippen molar-refractivity contribution in [2.75, 3.05) is 5.75 Å². The molecule has 1 N–H and O–H groups in total. The summed E-state index contributed by atoms with van der Waals surface area (Å²) in [6.07, 6.45) is 0. The summed E-state index contributed by atoms with van der Waals surface area (Å²) in [5, 5.41) is 15.4. The lowest BCUT2D eigenvalue weighted by atomic mass is 10.1. The highest BCUT2D eigenvalue weighted by Crippen LogP contribution is 2.20. The van der Waals surface area contributed by atoms with Gasteiger partial charge in [0.2, 0.25) is 11.1 Å². The molecule has 0 unspecified atom stereocenters. The zero-order chi connectivity index (χ0) is 17.0. The van der Waals surface area contributed by atoms with Gasteiger partial charge in [-0.05, 0) is 60.4 Å². The molecule has 1 atom stereocenters. The number of hydrogen-bond donors (Lipinski definition) is 1. The van der Waals surface area contributed by atoms with Crippen molar-refractivity contribution in [1.29, 1.82) is 0 Å². The lowest BCUT2D eigenvalue weighted by Gasteiger charge is -2.17. The summed E-state index contributed by atoms with van der Waals surface area (Å²) < 4.78 is 1.66. The van der Waals surface area contributed by atoms with Crippen LogP contribution < -0.4 is 5.32 Å². The maximum atomic E-state index is 12.0. The molecule has 0 aliphatic heterocycles. The highest BCUT2D eigenvalue weighted by Gasteiger charge is 2.14. The van der Waals surface area contributed by atoms with E-state index in [1.807, 2.05) is 25.1 Å². The van der Waals surface area contributed by atoms with Crippen LogP contribution in [-0.4, -0.2) is 37.9 Å². The Kier molecular flexibility index (Phi) is 5.76. The molecule has 2 rings (SSSR count). The number of tetrazole rings is 1. The molecule has 0 spiro atoms. The second-order valence-corrected chi connectivity index (χ2v) is 6.97. The quantitative estimate of drug-likeness (QED) is 0.823. The van der Waals surface area contributed by atoms with Crippen molar-refractivity contribution >= 4 is 17.7 Å². The molecular weight excluding hydrogens is 310 g/mol. The largest absolute Gasteiger partial charge is 0.353 e. The molecule has 1 aromatic carbocycles. The molecule has 0 fully saturated rings. The third-order valence-electron chi connectivity index (χ3n) is 3.90. The average Bonchev–Trinajstić information content (AvgIpc) is 2.96. The molecule has 0 aliphatic rings. The Morgan fingerprint density at radius 3 is 2.65 bits per heavy atom. The molecule has 0 saturated heterocycles. The predicted molar refractivity (Wildman–Crippen MR) is 91.8 cm³/mol. The number of carbonyl (C=O) groups is 1. The first-order valence-corrected chi connectivity index (χ1v) is 8.65. The Balaban J connectivity index is 2.04. The van der Waals surface area contributed by atoms with Crippen molar-refractivity contribution in [3.05, 3.63) is 29.3 Å². The normalized spacial score (nSPS) is 12.4. The van der Waals surface area contributed by atoms with Gasteiger partial charge in [0.05, 0.1) is 11.4 Å². The van der Waals surface area contributed by atoms with E-state index in [0.29, 0.717) is 16.8 Å². The summed E-state index contributed by atoms with van der Waals surface area (Å²) in [4.78, 5) is 12.0. The van der Waals surface area contributed by atoms with Crippen molar-refractivity contribution in [3.8, 4) is 5.69 Å². The molecule has 6 nitrogen and oxygen atoms in total. The highest BCUT2D eigenvalue weighted by atomic mass is 32.2. The van der Waals surface area contributed by atoms with Crippen LogP contribution in [0, 0.1) is 19.8 Å². The first-order valence-electron chi connectivity index (χ1n) is 7.66. The molecule has 0 saturated carbocycles. The fourth-order valence-electron chi connectivity index (χ4n) is 1.88. The molecule has 23 heavy (non-hydrogen) atoms. The van der Waals surface area contributed by atoms with E-state index in [1.54, 1.807) is 4.68 Å². The minimum Gasteiger partial charge on any atom is -0.353 e. The van der Waals surface area contributed by atoms with Gasteiger partial charge in [-0.15, -0.1) is 5.10 Å². The predicted octanol–water partition coefficient (Wildman–Crippen LogP) is 2.53. The van der Waals surface area contributed by atoms with E-state index in [1.165, 1.54) is 22.9 Å². The van der Waals surface area contributed by atoms with Gasteiger partial charge in [0.25, 0.3) is 0 Å². The first kappa shape index (κ1) is 17.5. The van der Waals surface area contributed by atoms with Crippen LogP contribution in [0.15, 0.2) is 23.4 Å². The summed E-state index contributed by atoms with van der Waals surface area (Å²) in [7, 11) is 0.